The fraction of sp³-hybridized carbons (Fsp3) is 0. The Morgan fingerprint density at radius 1 is 0.917 bits per heavy atom. The fourth-order valence-corrected chi connectivity index (χ4v) is 3.57. The molecule has 0 spiro atoms. The first-order valence-electron chi connectivity index (χ1n) is 7.12. The van der Waals surface area contributed by atoms with E-state index in [1.807, 2.05) is 34.7 Å². The van der Waals surface area contributed by atoms with E-state index in [-0.39, 0.29) is 5.69 Å². The SMILES string of the molecule is [C-]#[N+]c1c(F)c(-c2ccccc2)c(I)c(C#N)c1-c1ccccc1. The van der Waals surface area contributed by atoms with Gasteiger partial charge in [0, 0.05) is 14.7 Å². The average molecular weight is 424 g/mol. The van der Waals surface area contributed by atoms with Crippen LogP contribution in [0.4, 0.5) is 10.1 Å². The highest BCUT2D eigenvalue weighted by molar-refractivity contribution is 14.1. The summed E-state index contributed by atoms with van der Waals surface area (Å²) in [6.45, 7) is 7.45. The summed E-state index contributed by atoms with van der Waals surface area (Å²) in [6, 6.07) is 20.2. The summed E-state index contributed by atoms with van der Waals surface area (Å²) < 4.78 is 15.7. The molecule has 0 bridgehead atoms. The maximum atomic E-state index is 15.2. The molecular formula is C20H10FIN2. The molecule has 3 rings (SSSR count). The first kappa shape index (κ1) is 16.2. The lowest BCUT2D eigenvalue weighted by molar-refractivity contribution is 0.636. The van der Waals surface area contributed by atoms with Gasteiger partial charge in [-0.2, -0.15) is 5.26 Å². The number of nitriles is 1. The van der Waals surface area contributed by atoms with Crippen LogP contribution in [0.3, 0.4) is 0 Å². The monoisotopic (exact) mass is 424 g/mol. The Kier molecular flexibility index (Phi) is 4.59. The van der Waals surface area contributed by atoms with Gasteiger partial charge in [0.25, 0.3) is 0 Å². The summed E-state index contributed by atoms with van der Waals surface area (Å²) in [4.78, 5) is 3.40. The predicted molar refractivity (Wildman–Crippen MR) is 101 cm³/mol. The van der Waals surface area contributed by atoms with Crippen LogP contribution in [-0.2, 0) is 0 Å². The van der Waals surface area contributed by atoms with E-state index in [9.17, 15) is 5.26 Å². The molecule has 0 aromatic heterocycles. The Labute approximate surface area is 153 Å². The zero-order valence-corrected chi connectivity index (χ0v) is 14.6. The number of rotatable bonds is 2. The second kappa shape index (κ2) is 6.82. The van der Waals surface area contributed by atoms with Crippen molar-refractivity contribution in [2.75, 3.05) is 0 Å². The predicted octanol–water partition coefficient (Wildman–Crippen LogP) is 6.19. The van der Waals surface area contributed by atoms with E-state index < -0.39 is 5.82 Å². The van der Waals surface area contributed by atoms with Crippen molar-refractivity contribution in [3.8, 4) is 28.3 Å². The molecule has 0 fully saturated rings. The topological polar surface area (TPSA) is 28.1 Å². The third-order valence-corrected chi connectivity index (χ3v) is 4.78. The summed E-state index contributed by atoms with van der Waals surface area (Å²) in [6.07, 6.45) is 0. The highest BCUT2D eigenvalue weighted by Crippen LogP contribution is 2.44. The quantitative estimate of drug-likeness (QED) is 0.356. The fourth-order valence-electron chi connectivity index (χ4n) is 2.63. The van der Waals surface area contributed by atoms with Crippen LogP contribution in [0.15, 0.2) is 60.7 Å². The van der Waals surface area contributed by atoms with E-state index in [0.717, 1.165) is 0 Å². The van der Waals surface area contributed by atoms with Crippen LogP contribution in [0, 0.1) is 27.3 Å². The number of nitrogens with zero attached hydrogens (tertiary/aromatic N) is 2. The Hall–Kier alpha value is -2.70. The lowest BCUT2D eigenvalue weighted by atomic mass is 9.93. The summed E-state index contributed by atoms with van der Waals surface area (Å²) >= 11 is 1.99. The van der Waals surface area contributed by atoms with Crippen molar-refractivity contribution in [3.05, 3.63) is 87.0 Å². The van der Waals surface area contributed by atoms with Gasteiger partial charge in [0.05, 0.1) is 18.2 Å². The molecule has 0 radical (unpaired) electrons. The molecule has 0 atom stereocenters. The van der Waals surface area contributed by atoms with Crippen molar-refractivity contribution in [3.63, 3.8) is 0 Å². The number of hydrogen-bond donors (Lipinski definition) is 0. The second-order valence-electron chi connectivity index (χ2n) is 5.06. The smallest absolute Gasteiger partial charge is 0.231 e. The van der Waals surface area contributed by atoms with Gasteiger partial charge in [0.1, 0.15) is 5.82 Å². The van der Waals surface area contributed by atoms with Crippen molar-refractivity contribution in [2.24, 2.45) is 0 Å². The maximum Gasteiger partial charge on any atom is 0.231 e. The molecule has 0 saturated heterocycles. The number of benzene rings is 3. The molecule has 0 unspecified atom stereocenters. The Bertz CT molecular complexity index is 943. The Morgan fingerprint density at radius 3 is 1.88 bits per heavy atom. The van der Waals surface area contributed by atoms with Gasteiger partial charge >= 0.3 is 0 Å². The van der Waals surface area contributed by atoms with Crippen molar-refractivity contribution >= 4 is 28.3 Å². The lowest BCUT2D eigenvalue weighted by Gasteiger charge is -2.15. The zero-order chi connectivity index (χ0) is 17.1. The summed E-state index contributed by atoms with van der Waals surface area (Å²) in [5.74, 6) is -0.585. The molecule has 0 heterocycles. The van der Waals surface area contributed by atoms with E-state index in [1.165, 1.54) is 0 Å². The van der Waals surface area contributed by atoms with Gasteiger partial charge in [-0.05, 0) is 33.7 Å². The van der Waals surface area contributed by atoms with Crippen molar-refractivity contribution in [1.82, 2.24) is 0 Å². The molecule has 24 heavy (non-hydrogen) atoms. The number of halogens is 2. The van der Waals surface area contributed by atoms with E-state index in [2.05, 4.69) is 10.9 Å². The first-order chi connectivity index (χ1) is 11.7. The zero-order valence-electron chi connectivity index (χ0n) is 12.4. The van der Waals surface area contributed by atoms with Crippen LogP contribution in [0.1, 0.15) is 5.56 Å². The molecule has 0 N–H and O–H groups in total. The largest absolute Gasteiger partial charge is 0.234 e. The Morgan fingerprint density at radius 2 is 1.42 bits per heavy atom. The summed E-state index contributed by atoms with van der Waals surface area (Å²) in [5, 5.41) is 9.66. The van der Waals surface area contributed by atoms with Gasteiger partial charge in [0.15, 0.2) is 0 Å². The number of hydrogen-bond acceptors (Lipinski definition) is 1. The molecule has 0 amide bonds. The molecule has 0 aliphatic heterocycles. The summed E-state index contributed by atoms with van der Waals surface area (Å²) in [7, 11) is 0. The highest BCUT2D eigenvalue weighted by atomic mass is 127. The van der Waals surface area contributed by atoms with Gasteiger partial charge in [0.2, 0.25) is 5.69 Å². The molecular weight excluding hydrogens is 414 g/mol. The van der Waals surface area contributed by atoms with E-state index in [4.69, 9.17) is 6.57 Å². The van der Waals surface area contributed by atoms with Crippen molar-refractivity contribution < 1.29 is 4.39 Å². The van der Waals surface area contributed by atoms with Crippen LogP contribution >= 0.6 is 22.6 Å². The second-order valence-corrected chi connectivity index (χ2v) is 6.14. The molecule has 0 saturated carbocycles. The van der Waals surface area contributed by atoms with Gasteiger partial charge in [-0.15, -0.1) is 0 Å². The lowest BCUT2D eigenvalue weighted by Crippen LogP contribution is -1.98. The van der Waals surface area contributed by atoms with E-state index in [0.29, 0.717) is 31.4 Å². The maximum absolute atomic E-state index is 15.2. The minimum Gasteiger partial charge on any atom is -0.234 e. The van der Waals surface area contributed by atoms with E-state index >= 15 is 4.39 Å². The molecule has 4 heteroatoms. The molecule has 3 aromatic rings. The van der Waals surface area contributed by atoms with Gasteiger partial charge < -0.3 is 0 Å². The molecule has 114 valence electrons. The average Bonchev–Trinajstić information content (AvgIpc) is 2.63. The molecule has 2 nitrogen and oxygen atoms in total. The van der Waals surface area contributed by atoms with Gasteiger partial charge in [-0.25, -0.2) is 9.24 Å². The standard InChI is InChI=1S/C20H10FIN2/c1-24-20-16(13-8-4-2-5-9-13)15(12-23)19(22)17(18(20)21)14-10-6-3-7-11-14/h2-11H. The van der Waals surface area contributed by atoms with Crippen LogP contribution in [-0.4, -0.2) is 0 Å². The molecule has 3 aromatic carbocycles. The van der Waals surface area contributed by atoms with Gasteiger partial charge in [-0.3, -0.25) is 0 Å². The van der Waals surface area contributed by atoms with Crippen LogP contribution in [0.25, 0.3) is 27.1 Å². The third-order valence-electron chi connectivity index (χ3n) is 3.70. The minimum absolute atomic E-state index is 0.114. The molecule has 0 aliphatic rings. The van der Waals surface area contributed by atoms with E-state index in [1.54, 1.807) is 48.5 Å². The van der Waals surface area contributed by atoms with Crippen LogP contribution in [0.2, 0.25) is 0 Å². The third kappa shape index (κ3) is 2.66. The van der Waals surface area contributed by atoms with Crippen molar-refractivity contribution in [2.45, 2.75) is 0 Å². The van der Waals surface area contributed by atoms with Gasteiger partial charge in [-0.1, -0.05) is 60.7 Å². The van der Waals surface area contributed by atoms with Crippen molar-refractivity contribution in [1.29, 1.82) is 5.26 Å². The molecule has 0 aliphatic carbocycles. The highest BCUT2D eigenvalue weighted by Gasteiger charge is 2.24. The first-order valence-corrected chi connectivity index (χ1v) is 8.20. The minimum atomic E-state index is -0.585. The van der Waals surface area contributed by atoms with Crippen LogP contribution in [0.5, 0.6) is 0 Å². The Balaban J connectivity index is 2.44. The van der Waals surface area contributed by atoms with Crippen LogP contribution < -0.4 is 0 Å². The normalized spacial score (nSPS) is 10.0. The summed E-state index contributed by atoms with van der Waals surface area (Å²) in [5.41, 5.74) is 2.19.